The van der Waals surface area contributed by atoms with E-state index < -0.39 is 6.04 Å². The van der Waals surface area contributed by atoms with Gasteiger partial charge in [0.2, 0.25) is 0 Å². The van der Waals surface area contributed by atoms with Gasteiger partial charge in [0.25, 0.3) is 5.91 Å². The van der Waals surface area contributed by atoms with Crippen molar-refractivity contribution in [2.75, 3.05) is 4.90 Å². The van der Waals surface area contributed by atoms with Gasteiger partial charge in [-0.2, -0.15) is 0 Å². The van der Waals surface area contributed by atoms with Crippen molar-refractivity contribution in [1.29, 1.82) is 0 Å². The number of amides is 1. The molecule has 168 valence electrons. The number of rotatable bonds is 3. The van der Waals surface area contributed by atoms with Gasteiger partial charge in [-0.3, -0.25) is 14.5 Å². The number of thiazole rings is 1. The number of carbonyl (C=O) groups excluding carboxylic acids is 2. The Morgan fingerprint density at radius 3 is 2.70 bits per heavy atom. The number of Topliss-reactive ketones (excluding diaryl/α,β-unsaturated/α-hetero) is 1. The summed E-state index contributed by atoms with van der Waals surface area (Å²) in [6, 6.07) is 11.4. The second-order valence-electron chi connectivity index (χ2n) is 8.94. The zero-order valence-electron chi connectivity index (χ0n) is 18.2. The molecule has 3 aliphatic rings. The average molecular weight is 463 g/mol. The Hall–Kier alpha value is -3.06. The third-order valence-electron chi connectivity index (χ3n) is 7.00. The fourth-order valence-corrected chi connectivity index (χ4v) is 6.34. The molecule has 3 heterocycles. The van der Waals surface area contributed by atoms with E-state index in [2.05, 4.69) is 13.0 Å². The van der Waals surface area contributed by atoms with Crippen LogP contribution in [0.15, 0.2) is 53.8 Å². The maximum absolute atomic E-state index is 13.7. The number of nitrogens with zero attached hydrogens (tertiary/aromatic N) is 2. The number of hydrogen-bond donors (Lipinski definition) is 0. The van der Waals surface area contributed by atoms with E-state index in [1.807, 2.05) is 12.1 Å². The van der Waals surface area contributed by atoms with Gasteiger partial charge in [-0.05, 0) is 61.1 Å². The third kappa shape index (κ3) is 3.21. The van der Waals surface area contributed by atoms with Crippen LogP contribution in [0.25, 0.3) is 10.2 Å². The van der Waals surface area contributed by atoms with Crippen LogP contribution < -0.4 is 4.90 Å². The monoisotopic (exact) mass is 462 g/mol. The Kier molecular flexibility index (Phi) is 4.83. The summed E-state index contributed by atoms with van der Waals surface area (Å²) < 4.78 is 20.9. The van der Waals surface area contributed by atoms with Gasteiger partial charge in [0, 0.05) is 0 Å². The van der Waals surface area contributed by atoms with Crippen LogP contribution >= 0.6 is 11.3 Å². The van der Waals surface area contributed by atoms with Crippen LogP contribution in [0.3, 0.4) is 0 Å². The lowest BCUT2D eigenvalue weighted by atomic mass is 9.77. The summed E-state index contributed by atoms with van der Waals surface area (Å²) in [5, 5.41) is 0.520. The highest BCUT2D eigenvalue weighted by Gasteiger charge is 2.53. The lowest BCUT2D eigenvalue weighted by Crippen LogP contribution is -2.39. The van der Waals surface area contributed by atoms with Crippen molar-refractivity contribution in [2.24, 2.45) is 5.92 Å². The van der Waals surface area contributed by atoms with Crippen LogP contribution in [0.5, 0.6) is 0 Å². The topological polar surface area (TPSA) is 59.5 Å². The molecule has 3 aromatic rings. The number of carbonyl (C=O) groups is 2. The van der Waals surface area contributed by atoms with Gasteiger partial charge in [-0.25, -0.2) is 9.37 Å². The number of fused-ring (bicyclic) bond motifs is 2. The molecule has 1 aromatic heterocycles. The minimum Gasteiger partial charge on any atom is -0.483 e. The van der Waals surface area contributed by atoms with Crippen molar-refractivity contribution < 1.29 is 18.7 Å². The second-order valence-corrected chi connectivity index (χ2v) is 9.94. The number of ether oxygens (including phenoxy) is 1. The van der Waals surface area contributed by atoms with E-state index in [0.29, 0.717) is 16.3 Å². The van der Waals surface area contributed by atoms with Gasteiger partial charge >= 0.3 is 0 Å². The Morgan fingerprint density at radius 2 is 1.91 bits per heavy atom. The van der Waals surface area contributed by atoms with E-state index in [1.54, 1.807) is 17.0 Å². The largest absolute Gasteiger partial charge is 0.483 e. The van der Waals surface area contributed by atoms with Crippen LogP contribution in [-0.2, 0) is 20.7 Å². The number of ketones is 1. The first-order valence-electron chi connectivity index (χ1n) is 11.5. The van der Waals surface area contributed by atoms with Gasteiger partial charge < -0.3 is 4.74 Å². The normalized spacial score (nSPS) is 24.8. The summed E-state index contributed by atoms with van der Waals surface area (Å²) in [6.45, 7) is 2.10. The van der Waals surface area contributed by atoms with Gasteiger partial charge in [-0.15, -0.1) is 0 Å². The zero-order chi connectivity index (χ0) is 22.7. The van der Waals surface area contributed by atoms with Crippen LogP contribution in [-0.4, -0.2) is 22.8 Å². The molecule has 1 aliphatic carbocycles. The molecule has 0 N–H and O–H groups in total. The number of hydrogen-bond acceptors (Lipinski definition) is 5. The molecule has 0 radical (unpaired) electrons. The molecule has 3 unspecified atom stereocenters. The molecule has 0 bridgehead atoms. The molecule has 5 nitrogen and oxygen atoms in total. The Labute approximate surface area is 194 Å². The smallest absolute Gasteiger partial charge is 0.296 e. The molecule has 7 heteroatoms. The molecular weight excluding hydrogens is 439 g/mol. The summed E-state index contributed by atoms with van der Waals surface area (Å²) in [4.78, 5) is 33.7. The van der Waals surface area contributed by atoms with Gasteiger partial charge in [0.1, 0.15) is 11.9 Å². The lowest BCUT2D eigenvalue weighted by molar-refractivity contribution is -0.131. The molecule has 1 amide bonds. The summed E-state index contributed by atoms with van der Waals surface area (Å²) >= 11 is 1.43. The van der Waals surface area contributed by atoms with Crippen molar-refractivity contribution in [3.63, 3.8) is 0 Å². The third-order valence-corrected chi connectivity index (χ3v) is 8.02. The zero-order valence-corrected chi connectivity index (χ0v) is 19.0. The highest BCUT2D eigenvalue weighted by molar-refractivity contribution is 7.22. The van der Waals surface area contributed by atoms with Crippen molar-refractivity contribution in [1.82, 2.24) is 4.98 Å². The second kappa shape index (κ2) is 7.76. The van der Waals surface area contributed by atoms with Crippen molar-refractivity contribution >= 4 is 38.4 Å². The fourth-order valence-electron chi connectivity index (χ4n) is 5.28. The first-order chi connectivity index (χ1) is 16.0. The van der Waals surface area contributed by atoms with Crippen molar-refractivity contribution in [3.8, 4) is 0 Å². The molecule has 33 heavy (non-hydrogen) atoms. The molecule has 0 spiro atoms. The van der Waals surface area contributed by atoms with Crippen molar-refractivity contribution in [3.05, 3.63) is 70.7 Å². The van der Waals surface area contributed by atoms with Crippen LogP contribution in [0.4, 0.5) is 9.52 Å². The van der Waals surface area contributed by atoms with Crippen LogP contribution in [0.2, 0.25) is 0 Å². The van der Waals surface area contributed by atoms with Crippen LogP contribution in [0, 0.1) is 11.7 Å². The highest BCUT2D eigenvalue weighted by Crippen LogP contribution is 2.49. The molecule has 2 aliphatic heterocycles. The van der Waals surface area contributed by atoms with E-state index in [9.17, 15) is 14.0 Å². The van der Waals surface area contributed by atoms with Gasteiger partial charge in [0.05, 0.1) is 27.7 Å². The lowest BCUT2D eigenvalue weighted by Gasteiger charge is -2.35. The number of benzene rings is 2. The highest BCUT2D eigenvalue weighted by atomic mass is 32.1. The molecule has 3 atom stereocenters. The van der Waals surface area contributed by atoms with E-state index in [0.717, 1.165) is 42.3 Å². The molecule has 6 rings (SSSR count). The molecule has 1 fully saturated rings. The molecular formula is C26H23FN2O3S. The maximum Gasteiger partial charge on any atom is 0.296 e. The SMILES string of the molecule is CCc1ccc2nc(N3C(=O)C4=C(C(=O)C5CCCCC5O4)C3c3ccc(F)cc3)sc2c1. The number of halogens is 1. The van der Waals surface area contributed by atoms with E-state index >= 15 is 0 Å². The predicted octanol–water partition coefficient (Wildman–Crippen LogP) is 5.50. The predicted molar refractivity (Wildman–Crippen MR) is 124 cm³/mol. The fraction of sp³-hybridized carbons (Fsp3) is 0.346. The standard InChI is InChI=1S/C26H23FN2O3S/c1-2-14-7-12-18-20(13-14)33-26(28-18)29-22(15-8-10-16(27)11-9-15)21-23(30)17-5-3-4-6-19(17)32-24(21)25(29)31/h7-13,17,19,22H,2-6H2,1H3. The Balaban J connectivity index is 1.50. The molecule has 2 aromatic carbocycles. The molecule has 0 saturated heterocycles. The number of anilines is 1. The van der Waals surface area contributed by atoms with E-state index in [4.69, 9.17) is 9.72 Å². The Bertz CT molecular complexity index is 1310. The first-order valence-corrected chi connectivity index (χ1v) is 12.3. The Morgan fingerprint density at radius 1 is 1.12 bits per heavy atom. The van der Waals surface area contributed by atoms with E-state index in [-0.39, 0.29) is 35.3 Å². The van der Waals surface area contributed by atoms with Crippen molar-refractivity contribution in [2.45, 2.75) is 51.2 Å². The minimum absolute atomic E-state index is 0.0134. The van der Waals surface area contributed by atoms with E-state index in [1.165, 1.54) is 29.0 Å². The number of aryl methyl sites for hydroxylation is 1. The summed E-state index contributed by atoms with van der Waals surface area (Å²) in [6.07, 6.45) is 4.19. The first kappa shape index (κ1) is 20.5. The summed E-state index contributed by atoms with van der Waals surface area (Å²) in [5.74, 6) is -0.803. The quantitative estimate of drug-likeness (QED) is 0.516. The number of aromatic nitrogens is 1. The van der Waals surface area contributed by atoms with Crippen LogP contribution in [0.1, 0.15) is 49.8 Å². The maximum atomic E-state index is 13.7. The van der Waals surface area contributed by atoms with Gasteiger partial charge in [-0.1, -0.05) is 42.9 Å². The minimum atomic E-state index is -0.672. The average Bonchev–Trinajstić information content (AvgIpc) is 3.38. The molecule has 1 saturated carbocycles. The summed E-state index contributed by atoms with van der Waals surface area (Å²) in [7, 11) is 0. The van der Waals surface area contributed by atoms with Gasteiger partial charge in [0.15, 0.2) is 16.7 Å². The summed E-state index contributed by atoms with van der Waals surface area (Å²) in [5.41, 5.74) is 3.07.